The number of phenolic OH excluding ortho intramolecular Hbond substituents is 1. The molecule has 0 atom stereocenters. The molecule has 0 aliphatic carbocycles. The van der Waals surface area contributed by atoms with Gasteiger partial charge in [-0.3, -0.25) is 4.79 Å². The van der Waals surface area contributed by atoms with Crippen molar-refractivity contribution in [2.45, 2.75) is 37.8 Å². The van der Waals surface area contributed by atoms with Crippen LogP contribution in [0.1, 0.15) is 35.6 Å². The van der Waals surface area contributed by atoms with Crippen LogP contribution in [0.5, 0.6) is 5.75 Å². The summed E-state index contributed by atoms with van der Waals surface area (Å²) in [7, 11) is 0. The highest BCUT2D eigenvalue weighted by molar-refractivity contribution is 7.98. The first-order valence-corrected chi connectivity index (χ1v) is 8.78. The van der Waals surface area contributed by atoms with Gasteiger partial charge in [0.05, 0.1) is 6.42 Å². The van der Waals surface area contributed by atoms with E-state index in [0.29, 0.717) is 11.5 Å². The van der Waals surface area contributed by atoms with Crippen molar-refractivity contribution >= 4 is 23.3 Å². The third kappa shape index (κ3) is 4.65. The molecule has 2 N–H and O–H groups in total. The van der Waals surface area contributed by atoms with Crippen LogP contribution in [0.2, 0.25) is 0 Å². The van der Waals surface area contributed by atoms with Crippen LogP contribution in [0.25, 0.3) is 5.57 Å². The number of phenols is 1. The van der Waals surface area contributed by atoms with Crippen molar-refractivity contribution in [2.75, 3.05) is 0 Å². The van der Waals surface area contributed by atoms with Gasteiger partial charge in [0, 0.05) is 16.2 Å². The Labute approximate surface area is 147 Å². The van der Waals surface area contributed by atoms with Crippen LogP contribution in [0.15, 0.2) is 47.4 Å². The van der Waals surface area contributed by atoms with E-state index in [1.165, 1.54) is 0 Å². The van der Waals surface area contributed by atoms with Gasteiger partial charge in [-0.05, 0) is 61.2 Å². The Hall–Kier alpha value is -2.20. The van der Waals surface area contributed by atoms with Crippen LogP contribution in [-0.4, -0.2) is 16.2 Å². The van der Waals surface area contributed by atoms with E-state index in [-0.39, 0.29) is 6.42 Å². The highest BCUT2D eigenvalue weighted by Crippen LogP contribution is 2.31. The van der Waals surface area contributed by atoms with Crippen molar-refractivity contribution in [2.24, 2.45) is 0 Å². The van der Waals surface area contributed by atoms with Gasteiger partial charge < -0.3 is 10.2 Å². The van der Waals surface area contributed by atoms with Crippen molar-refractivity contribution in [3.05, 3.63) is 64.7 Å². The van der Waals surface area contributed by atoms with Gasteiger partial charge in [-0.25, -0.2) is 0 Å². The lowest BCUT2D eigenvalue weighted by atomic mass is 9.98. The van der Waals surface area contributed by atoms with Gasteiger partial charge in [0.15, 0.2) is 0 Å². The number of hydrogen-bond acceptors (Lipinski definition) is 3. The third-order valence-electron chi connectivity index (χ3n) is 3.87. The maximum absolute atomic E-state index is 11.0. The first-order valence-electron chi connectivity index (χ1n) is 7.80. The maximum Gasteiger partial charge on any atom is 0.307 e. The van der Waals surface area contributed by atoms with E-state index in [1.54, 1.807) is 17.8 Å². The highest BCUT2D eigenvalue weighted by Gasteiger charge is 2.10. The van der Waals surface area contributed by atoms with Crippen molar-refractivity contribution < 1.29 is 15.0 Å². The summed E-state index contributed by atoms with van der Waals surface area (Å²) in [6.45, 7) is 5.81. The predicted molar refractivity (Wildman–Crippen MR) is 99.5 cm³/mol. The van der Waals surface area contributed by atoms with E-state index >= 15 is 0 Å². The van der Waals surface area contributed by atoms with E-state index in [1.807, 2.05) is 51.1 Å². The lowest BCUT2D eigenvalue weighted by Crippen LogP contribution is -1.98. The Morgan fingerprint density at radius 3 is 2.50 bits per heavy atom. The lowest BCUT2D eigenvalue weighted by molar-refractivity contribution is -0.135. The molecular weight excluding hydrogens is 320 g/mol. The first kappa shape index (κ1) is 18.1. The highest BCUT2D eigenvalue weighted by atomic mass is 32.2. The number of aliphatic carboxylic acids is 1. The Balaban J connectivity index is 2.13. The molecule has 0 aromatic heterocycles. The van der Waals surface area contributed by atoms with Gasteiger partial charge in [-0.1, -0.05) is 24.3 Å². The molecule has 0 fully saturated rings. The molecule has 2 aromatic carbocycles. The van der Waals surface area contributed by atoms with Gasteiger partial charge in [-0.15, -0.1) is 11.8 Å². The molecule has 2 rings (SSSR count). The molecule has 0 aliphatic rings. The molecule has 0 radical (unpaired) electrons. The number of carboxylic acids is 1. The lowest BCUT2D eigenvalue weighted by Gasteiger charge is -2.11. The van der Waals surface area contributed by atoms with E-state index in [0.717, 1.165) is 32.7 Å². The third-order valence-corrected chi connectivity index (χ3v) is 4.91. The molecule has 126 valence electrons. The predicted octanol–water partition coefficient (Wildman–Crippen LogP) is 5.18. The van der Waals surface area contributed by atoms with Crippen molar-refractivity contribution in [1.82, 2.24) is 0 Å². The fourth-order valence-corrected chi connectivity index (χ4v) is 3.55. The van der Waals surface area contributed by atoms with Crippen LogP contribution in [0.4, 0.5) is 0 Å². The Morgan fingerprint density at radius 2 is 1.92 bits per heavy atom. The van der Waals surface area contributed by atoms with Crippen LogP contribution in [-0.2, 0) is 10.5 Å². The van der Waals surface area contributed by atoms with E-state index in [2.05, 4.69) is 6.07 Å². The second-order valence-corrected chi connectivity index (χ2v) is 6.83. The van der Waals surface area contributed by atoms with Crippen LogP contribution in [0, 0.1) is 13.8 Å². The number of aromatic hydroxyl groups is 1. The molecule has 0 bridgehead atoms. The van der Waals surface area contributed by atoms with Crippen LogP contribution in [0.3, 0.4) is 0 Å². The molecule has 0 spiro atoms. The van der Waals surface area contributed by atoms with Crippen molar-refractivity contribution in [3.8, 4) is 5.75 Å². The van der Waals surface area contributed by atoms with Crippen LogP contribution < -0.4 is 0 Å². The minimum atomic E-state index is -0.823. The normalized spacial score (nSPS) is 11.5. The fourth-order valence-electron chi connectivity index (χ4n) is 2.56. The summed E-state index contributed by atoms with van der Waals surface area (Å²) in [5.74, 6) is 0.195. The quantitative estimate of drug-likeness (QED) is 0.710. The van der Waals surface area contributed by atoms with E-state index in [9.17, 15) is 9.90 Å². The summed E-state index contributed by atoms with van der Waals surface area (Å²) in [4.78, 5) is 12.1. The second kappa shape index (κ2) is 8.06. The topological polar surface area (TPSA) is 57.5 Å². The number of benzene rings is 2. The van der Waals surface area contributed by atoms with E-state index < -0.39 is 5.97 Å². The SMILES string of the molecule is C/C=C(/CC(=O)O)c1ccc(SCc2ccc(C)cc2O)cc1C. The molecule has 0 unspecified atom stereocenters. The molecule has 24 heavy (non-hydrogen) atoms. The minimum absolute atomic E-state index is 0.0288. The van der Waals surface area contributed by atoms with Crippen molar-refractivity contribution in [1.29, 1.82) is 0 Å². The Kier molecular flexibility index (Phi) is 6.10. The number of carbonyl (C=O) groups is 1. The molecule has 0 aliphatic heterocycles. The number of aryl methyl sites for hydroxylation is 2. The fraction of sp³-hybridized carbons (Fsp3) is 0.250. The number of allylic oxidation sites excluding steroid dienone is 1. The Morgan fingerprint density at radius 1 is 1.17 bits per heavy atom. The molecule has 2 aromatic rings. The first-order chi connectivity index (χ1) is 11.4. The number of thioether (sulfide) groups is 1. The second-order valence-electron chi connectivity index (χ2n) is 5.78. The summed E-state index contributed by atoms with van der Waals surface area (Å²) in [5, 5.41) is 19.0. The van der Waals surface area contributed by atoms with Gasteiger partial charge in [-0.2, -0.15) is 0 Å². The van der Waals surface area contributed by atoms with Crippen molar-refractivity contribution in [3.63, 3.8) is 0 Å². The molecule has 0 heterocycles. The zero-order valence-electron chi connectivity index (χ0n) is 14.2. The molecular formula is C20H22O3S. The number of hydrogen-bond donors (Lipinski definition) is 2. The zero-order valence-corrected chi connectivity index (χ0v) is 15.0. The van der Waals surface area contributed by atoms with Gasteiger partial charge >= 0.3 is 5.97 Å². The van der Waals surface area contributed by atoms with Crippen LogP contribution >= 0.6 is 11.8 Å². The molecule has 4 heteroatoms. The molecule has 0 saturated heterocycles. The molecule has 3 nitrogen and oxygen atoms in total. The Bertz CT molecular complexity index is 778. The summed E-state index contributed by atoms with van der Waals surface area (Å²) >= 11 is 1.65. The monoisotopic (exact) mass is 342 g/mol. The molecule has 0 amide bonds. The zero-order chi connectivity index (χ0) is 17.7. The smallest absolute Gasteiger partial charge is 0.307 e. The minimum Gasteiger partial charge on any atom is -0.508 e. The number of rotatable bonds is 6. The van der Waals surface area contributed by atoms with Gasteiger partial charge in [0.2, 0.25) is 0 Å². The van der Waals surface area contributed by atoms with Gasteiger partial charge in [0.25, 0.3) is 0 Å². The van der Waals surface area contributed by atoms with Gasteiger partial charge in [0.1, 0.15) is 5.75 Å². The largest absolute Gasteiger partial charge is 0.508 e. The van der Waals surface area contributed by atoms with E-state index in [4.69, 9.17) is 5.11 Å². The summed E-state index contributed by atoms with van der Waals surface area (Å²) in [6.07, 6.45) is 1.88. The summed E-state index contributed by atoms with van der Waals surface area (Å²) < 4.78 is 0. The molecule has 0 saturated carbocycles. The number of carboxylic acid groups (broad SMARTS) is 1. The average Bonchev–Trinajstić information content (AvgIpc) is 2.52. The average molecular weight is 342 g/mol. The summed E-state index contributed by atoms with van der Waals surface area (Å²) in [5.41, 5.74) is 4.81. The maximum atomic E-state index is 11.0. The summed E-state index contributed by atoms with van der Waals surface area (Å²) in [6, 6.07) is 11.8. The standard InChI is InChI=1S/C20H22O3S/c1-4-15(11-20(22)23)18-8-7-17(10-14(18)3)24-12-16-6-5-13(2)9-19(16)21/h4-10,21H,11-12H2,1-3H3,(H,22,23)/b15-4-.